The molecule has 56 heavy (non-hydrogen) atoms. The quantitative estimate of drug-likeness (QED) is 0.245. The van der Waals surface area contributed by atoms with Gasteiger partial charge in [-0.05, 0) is 61.5 Å². The molecule has 2 heterocycles. The first-order chi connectivity index (χ1) is 26.1. The number of ether oxygens (including phenoxy) is 4. The van der Waals surface area contributed by atoms with Crippen LogP contribution in [0.5, 0.6) is 0 Å². The minimum Gasteiger partial charge on any atom is -0.497 e. The van der Waals surface area contributed by atoms with Crippen molar-refractivity contribution in [1.29, 1.82) is 0 Å². The fourth-order valence-electron chi connectivity index (χ4n) is 11.4. The molecule has 0 radical (unpaired) electrons. The smallest absolute Gasteiger partial charge is 0.407 e. The minimum absolute atomic E-state index is 0.0160. The van der Waals surface area contributed by atoms with Gasteiger partial charge in [-0.2, -0.15) is 52.7 Å². The highest BCUT2D eigenvalue weighted by Gasteiger charge is 2.72. The van der Waals surface area contributed by atoms with Gasteiger partial charge in [-0.25, -0.2) is 0 Å². The summed E-state index contributed by atoms with van der Waals surface area (Å²) in [4.78, 5) is 0. The number of benzene rings is 1. The molecular weight excluding hydrogens is 772 g/mol. The third-order valence-corrected chi connectivity index (χ3v) is 14.6. The lowest BCUT2D eigenvalue weighted by Crippen LogP contribution is -2.51. The van der Waals surface area contributed by atoms with Crippen molar-refractivity contribution in [2.75, 3.05) is 26.4 Å². The van der Waals surface area contributed by atoms with Crippen molar-refractivity contribution in [3.63, 3.8) is 0 Å². The van der Waals surface area contributed by atoms with Gasteiger partial charge in [0.05, 0.1) is 38.6 Å². The van der Waals surface area contributed by atoms with Crippen molar-refractivity contribution in [3.8, 4) is 0 Å². The molecule has 306 valence electrons. The zero-order valence-electron chi connectivity index (χ0n) is 29.7. The Morgan fingerprint density at radius 1 is 0.571 bits per heavy atom. The Kier molecular flexibility index (Phi) is 8.36. The summed E-state index contributed by atoms with van der Waals surface area (Å²) in [6.07, 6.45) is -21.6. The van der Waals surface area contributed by atoms with E-state index >= 15 is 0 Å². The second kappa shape index (κ2) is 12.2. The first-order valence-electron chi connectivity index (χ1n) is 18.8. The lowest BCUT2D eigenvalue weighted by molar-refractivity contribution is -0.324. The second-order valence-electron chi connectivity index (χ2n) is 17.3. The van der Waals surface area contributed by atoms with Gasteiger partial charge in [0.1, 0.15) is 11.5 Å². The Bertz CT molecular complexity index is 1740. The monoisotopic (exact) mass is 810 g/mol. The summed E-state index contributed by atoms with van der Waals surface area (Å²) >= 11 is 0. The molecule has 0 aromatic heterocycles. The maximum atomic E-state index is 14.5. The van der Waals surface area contributed by atoms with E-state index in [1.165, 1.54) is 24.3 Å². The molecule has 4 nitrogen and oxygen atoms in total. The molecular formula is C40H38F12O4. The lowest BCUT2D eigenvalue weighted by atomic mass is 9.73. The molecule has 0 spiro atoms. The molecule has 2 aliphatic heterocycles. The molecule has 0 N–H and O–H groups in total. The molecule has 4 saturated carbocycles. The highest BCUT2D eigenvalue weighted by Crippen LogP contribution is 2.65. The predicted octanol–water partition coefficient (Wildman–Crippen LogP) is 10.9. The van der Waals surface area contributed by atoms with Gasteiger partial charge >= 0.3 is 24.7 Å². The van der Waals surface area contributed by atoms with Crippen LogP contribution >= 0.6 is 0 Å². The normalized spacial score (nSPS) is 36.7. The van der Waals surface area contributed by atoms with Crippen molar-refractivity contribution in [2.24, 2.45) is 45.3 Å². The Labute approximate surface area is 313 Å². The largest absolute Gasteiger partial charge is 0.497 e. The van der Waals surface area contributed by atoms with E-state index in [9.17, 15) is 52.7 Å². The van der Waals surface area contributed by atoms with E-state index in [1.54, 1.807) is 0 Å². The topological polar surface area (TPSA) is 36.9 Å². The zero-order chi connectivity index (χ0) is 39.9. The van der Waals surface area contributed by atoms with Gasteiger partial charge in [0.2, 0.25) is 0 Å². The van der Waals surface area contributed by atoms with E-state index in [0.29, 0.717) is 62.9 Å². The summed E-state index contributed by atoms with van der Waals surface area (Å²) < 4.78 is 198. The van der Waals surface area contributed by atoms with E-state index < -0.39 is 70.7 Å². The Morgan fingerprint density at radius 3 is 1.25 bits per heavy atom. The fraction of sp³-hybridized carbons (Fsp3) is 0.650. The number of fused-ring (bicyclic) bond motifs is 10. The average molecular weight is 811 g/mol. The highest BCUT2D eigenvalue weighted by molar-refractivity contribution is 5.89. The molecule has 16 heteroatoms. The van der Waals surface area contributed by atoms with Crippen LogP contribution in [0.4, 0.5) is 52.7 Å². The van der Waals surface area contributed by atoms with Crippen LogP contribution in [0.3, 0.4) is 0 Å². The first kappa shape index (κ1) is 38.4. The predicted molar refractivity (Wildman–Crippen MR) is 175 cm³/mol. The zero-order valence-corrected chi connectivity index (χ0v) is 29.7. The third-order valence-electron chi connectivity index (χ3n) is 14.6. The maximum Gasteiger partial charge on any atom is 0.407 e. The molecule has 1 aromatic rings. The van der Waals surface area contributed by atoms with Crippen LogP contribution in [0.2, 0.25) is 0 Å². The summed E-state index contributed by atoms with van der Waals surface area (Å²) in [6.45, 7) is 0.573. The van der Waals surface area contributed by atoms with Crippen LogP contribution in [0.25, 0.3) is 11.1 Å². The number of halogens is 12. The number of rotatable bonds is 8. The maximum absolute atomic E-state index is 14.5. The van der Waals surface area contributed by atoms with Crippen molar-refractivity contribution >= 4 is 11.1 Å². The van der Waals surface area contributed by atoms with Crippen molar-refractivity contribution in [2.45, 2.75) is 88.3 Å². The van der Waals surface area contributed by atoms with Crippen LogP contribution in [0.15, 0.2) is 60.1 Å². The van der Waals surface area contributed by atoms with E-state index in [4.69, 9.17) is 18.9 Å². The Hall–Kier alpha value is -3.14. The number of allylic oxidation sites excluding steroid dienone is 8. The van der Waals surface area contributed by atoms with E-state index in [1.807, 2.05) is 0 Å². The molecule has 6 fully saturated rings. The van der Waals surface area contributed by atoms with Gasteiger partial charge in [-0.15, -0.1) is 0 Å². The average Bonchev–Trinajstić information content (AvgIpc) is 3.77. The summed E-state index contributed by atoms with van der Waals surface area (Å²) in [5, 5.41) is 0. The Morgan fingerprint density at radius 2 is 0.946 bits per heavy atom. The summed E-state index contributed by atoms with van der Waals surface area (Å²) in [5.41, 5.74) is -10.4. The number of hydrogen-bond donors (Lipinski definition) is 0. The molecule has 8 atom stereocenters. The molecule has 8 unspecified atom stereocenters. The summed E-state index contributed by atoms with van der Waals surface area (Å²) in [7, 11) is 0. The molecule has 9 rings (SSSR count). The molecule has 2 saturated heterocycles. The van der Waals surface area contributed by atoms with E-state index in [2.05, 4.69) is 0 Å². The van der Waals surface area contributed by atoms with Gasteiger partial charge in [0.25, 0.3) is 0 Å². The van der Waals surface area contributed by atoms with Crippen LogP contribution in [-0.4, -0.2) is 63.3 Å². The van der Waals surface area contributed by atoms with Crippen LogP contribution in [0.1, 0.15) is 62.5 Å². The number of alkyl halides is 12. The van der Waals surface area contributed by atoms with E-state index in [0.717, 1.165) is 12.8 Å². The second-order valence-corrected chi connectivity index (χ2v) is 17.3. The number of hydrogen-bond acceptors (Lipinski definition) is 4. The highest BCUT2D eigenvalue weighted by atomic mass is 19.4. The first-order valence-corrected chi connectivity index (χ1v) is 18.8. The van der Waals surface area contributed by atoms with Gasteiger partial charge in [-0.1, -0.05) is 48.6 Å². The van der Waals surface area contributed by atoms with Gasteiger partial charge < -0.3 is 18.9 Å². The van der Waals surface area contributed by atoms with Crippen molar-refractivity contribution < 1.29 is 71.6 Å². The summed E-state index contributed by atoms with van der Waals surface area (Å²) in [6, 6.07) is 5.53. The molecule has 6 aliphatic carbocycles. The molecule has 1 aromatic carbocycles. The SMILES string of the molecule is FC(F)(F)C1(C(F)(F)F)C=CC(c2ccccc2C2=C(OCC34CCC(C3)C3COC34)CC(C(F)(F)F)(C(F)(F)F)C=C2)=C(OCC23CCC(C2)C2COC23)C1. The summed E-state index contributed by atoms with van der Waals surface area (Å²) in [5.74, 6) is -0.247. The van der Waals surface area contributed by atoms with E-state index in [-0.39, 0.29) is 71.7 Å². The van der Waals surface area contributed by atoms with Crippen LogP contribution < -0.4 is 0 Å². The van der Waals surface area contributed by atoms with Gasteiger partial charge in [-0.3, -0.25) is 0 Å². The van der Waals surface area contributed by atoms with Gasteiger partial charge in [0.15, 0.2) is 10.8 Å². The molecule has 0 amide bonds. The van der Waals surface area contributed by atoms with Crippen molar-refractivity contribution in [3.05, 3.63) is 71.2 Å². The Balaban J connectivity index is 1.15. The van der Waals surface area contributed by atoms with Crippen LogP contribution in [-0.2, 0) is 18.9 Å². The third kappa shape index (κ3) is 5.34. The standard InChI is InChI=1S/C40H38F12O4/c41-37(42,43)35(38(44,45)46)11-7-25(29(15-35)55-19-33-9-5-21(13-33)27-17-53-31(27)33)23-3-1-2-4-24(23)26-8-12-36(39(47,48)49,40(50,51)52)16-30(26)56-20-34-10-6-22(14-34)28-18-54-32(28)34/h1-4,7-8,11-12,21-22,27-28,31-32H,5-6,9-10,13-20H2. The fourth-order valence-corrected chi connectivity index (χ4v) is 11.4. The minimum atomic E-state index is -5.80. The molecule has 4 bridgehead atoms. The van der Waals surface area contributed by atoms with Crippen LogP contribution in [0, 0.1) is 45.3 Å². The lowest BCUT2D eigenvalue weighted by Gasteiger charge is -2.46. The van der Waals surface area contributed by atoms with Crippen molar-refractivity contribution in [1.82, 2.24) is 0 Å². The molecule has 8 aliphatic rings. The van der Waals surface area contributed by atoms with Gasteiger partial charge in [0, 0.05) is 46.7 Å².